The lowest BCUT2D eigenvalue weighted by molar-refractivity contribution is -0.384. The molecule has 116 valence electrons. The first-order chi connectivity index (χ1) is 11.0. The summed E-state index contributed by atoms with van der Waals surface area (Å²) in [5.41, 5.74) is 1.41. The van der Waals surface area contributed by atoms with Gasteiger partial charge in [-0.3, -0.25) is 10.1 Å². The molecule has 0 unspecified atom stereocenters. The fourth-order valence-corrected chi connectivity index (χ4v) is 3.37. The fourth-order valence-electron chi connectivity index (χ4n) is 2.04. The van der Waals surface area contributed by atoms with Gasteiger partial charge in [-0.1, -0.05) is 15.9 Å². The largest absolute Gasteiger partial charge is 0.493 e. The van der Waals surface area contributed by atoms with Crippen molar-refractivity contribution in [2.24, 2.45) is 10.2 Å². The second-order valence-electron chi connectivity index (χ2n) is 4.61. The number of non-ortho nitro benzene ring substituents is 1. The van der Waals surface area contributed by atoms with Crippen LogP contribution in [0.1, 0.15) is 0 Å². The Kier molecular flexibility index (Phi) is 4.14. The number of rotatable bonds is 3. The van der Waals surface area contributed by atoms with E-state index in [0.717, 1.165) is 8.95 Å². The Morgan fingerprint density at radius 1 is 1.13 bits per heavy atom. The van der Waals surface area contributed by atoms with Crippen molar-refractivity contribution >= 4 is 59.8 Å². The molecular formula is C14H8Br2N4O3. The number of nitro benzene ring substituents is 1. The lowest BCUT2D eigenvalue weighted by Gasteiger charge is -1.97. The van der Waals surface area contributed by atoms with E-state index in [0.29, 0.717) is 22.3 Å². The van der Waals surface area contributed by atoms with E-state index in [1.807, 2.05) is 6.07 Å². The molecule has 0 fully saturated rings. The molecule has 0 radical (unpaired) electrons. The van der Waals surface area contributed by atoms with E-state index in [-0.39, 0.29) is 11.6 Å². The molecule has 23 heavy (non-hydrogen) atoms. The van der Waals surface area contributed by atoms with Crippen LogP contribution in [0.4, 0.5) is 17.1 Å². The maximum Gasteiger partial charge on any atom is 0.269 e. The van der Waals surface area contributed by atoms with Gasteiger partial charge in [0.05, 0.1) is 16.1 Å². The maximum atomic E-state index is 10.6. The minimum atomic E-state index is -0.485. The number of benzene rings is 2. The smallest absolute Gasteiger partial charge is 0.269 e. The van der Waals surface area contributed by atoms with Crippen LogP contribution in [0.5, 0.6) is 5.88 Å². The standard InChI is InChI=1S/C14H8Br2N4O3/c15-7-5-10-12(11(16)6-7)17-14(21)13(10)19-18-8-1-3-9(4-2-8)20(22)23/h1-6,17,21H. The van der Waals surface area contributed by atoms with Crippen molar-refractivity contribution in [1.82, 2.24) is 4.98 Å². The highest BCUT2D eigenvalue weighted by Crippen LogP contribution is 2.40. The van der Waals surface area contributed by atoms with Gasteiger partial charge in [0.2, 0.25) is 5.88 Å². The Bertz CT molecular complexity index is 935. The van der Waals surface area contributed by atoms with Crippen molar-refractivity contribution in [3.05, 3.63) is 55.5 Å². The molecule has 0 atom stereocenters. The topological polar surface area (TPSA) is 104 Å². The molecule has 3 rings (SSSR count). The van der Waals surface area contributed by atoms with E-state index in [2.05, 4.69) is 47.1 Å². The average molecular weight is 440 g/mol. The van der Waals surface area contributed by atoms with Crippen molar-refractivity contribution in [3.8, 4) is 5.88 Å². The molecule has 2 aromatic carbocycles. The quantitative estimate of drug-likeness (QED) is 0.309. The summed E-state index contributed by atoms with van der Waals surface area (Å²) in [5, 5.41) is 29.4. The minimum absolute atomic E-state index is 0.0215. The summed E-state index contributed by atoms with van der Waals surface area (Å²) >= 11 is 6.79. The molecule has 0 amide bonds. The van der Waals surface area contributed by atoms with Crippen LogP contribution in [0.25, 0.3) is 10.9 Å². The van der Waals surface area contributed by atoms with Crippen molar-refractivity contribution in [2.75, 3.05) is 0 Å². The van der Waals surface area contributed by atoms with Crippen LogP contribution in [0, 0.1) is 10.1 Å². The minimum Gasteiger partial charge on any atom is -0.493 e. The van der Waals surface area contributed by atoms with Gasteiger partial charge in [-0.15, -0.1) is 5.11 Å². The normalized spacial score (nSPS) is 11.4. The lowest BCUT2D eigenvalue weighted by atomic mass is 10.2. The molecule has 0 saturated carbocycles. The highest BCUT2D eigenvalue weighted by Gasteiger charge is 2.13. The summed E-state index contributed by atoms with van der Waals surface area (Å²) in [6.07, 6.45) is 0. The number of aromatic hydroxyl groups is 1. The monoisotopic (exact) mass is 438 g/mol. The fraction of sp³-hybridized carbons (Fsp3) is 0. The zero-order chi connectivity index (χ0) is 16.6. The van der Waals surface area contributed by atoms with E-state index >= 15 is 0 Å². The Morgan fingerprint density at radius 3 is 2.48 bits per heavy atom. The van der Waals surface area contributed by atoms with Gasteiger partial charge < -0.3 is 10.1 Å². The number of aromatic amines is 1. The number of halogens is 2. The molecule has 7 nitrogen and oxygen atoms in total. The van der Waals surface area contributed by atoms with Crippen LogP contribution in [-0.4, -0.2) is 15.0 Å². The van der Waals surface area contributed by atoms with Gasteiger partial charge in [-0.25, -0.2) is 0 Å². The summed E-state index contributed by atoms with van der Waals surface area (Å²) in [4.78, 5) is 13.0. The third-order valence-electron chi connectivity index (χ3n) is 3.10. The second-order valence-corrected chi connectivity index (χ2v) is 6.38. The SMILES string of the molecule is O=[N+]([O-])c1ccc(N=Nc2c(O)[nH]c3c(Br)cc(Br)cc23)cc1. The molecule has 1 aromatic heterocycles. The number of nitrogens with one attached hydrogen (secondary N) is 1. The van der Waals surface area contributed by atoms with E-state index in [4.69, 9.17) is 0 Å². The molecular weight excluding hydrogens is 432 g/mol. The Balaban J connectivity index is 2.00. The van der Waals surface area contributed by atoms with Crippen LogP contribution in [-0.2, 0) is 0 Å². The van der Waals surface area contributed by atoms with Crippen LogP contribution in [0.15, 0.2) is 55.6 Å². The Labute approximate surface area is 146 Å². The van der Waals surface area contributed by atoms with Crippen LogP contribution < -0.4 is 0 Å². The van der Waals surface area contributed by atoms with E-state index in [9.17, 15) is 15.2 Å². The van der Waals surface area contributed by atoms with Crippen molar-refractivity contribution in [1.29, 1.82) is 0 Å². The van der Waals surface area contributed by atoms with Crippen molar-refractivity contribution in [2.45, 2.75) is 0 Å². The van der Waals surface area contributed by atoms with Crippen LogP contribution >= 0.6 is 31.9 Å². The molecule has 0 saturated heterocycles. The molecule has 9 heteroatoms. The molecule has 1 heterocycles. The highest BCUT2D eigenvalue weighted by molar-refractivity contribution is 9.11. The molecule has 2 N–H and O–H groups in total. The predicted molar refractivity (Wildman–Crippen MR) is 92.6 cm³/mol. The third-order valence-corrected chi connectivity index (χ3v) is 4.19. The highest BCUT2D eigenvalue weighted by atomic mass is 79.9. The number of fused-ring (bicyclic) bond motifs is 1. The Hall–Kier alpha value is -2.26. The van der Waals surface area contributed by atoms with Crippen LogP contribution in [0.2, 0.25) is 0 Å². The predicted octanol–water partition coefficient (Wildman–Crippen LogP) is 5.72. The number of azo groups is 1. The Morgan fingerprint density at radius 2 is 1.83 bits per heavy atom. The summed E-state index contributed by atoms with van der Waals surface area (Å²) in [6.45, 7) is 0. The molecule has 0 bridgehead atoms. The maximum absolute atomic E-state index is 10.6. The zero-order valence-corrected chi connectivity index (χ0v) is 14.5. The molecule has 3 aromatic rings. The van der Waals surface area contributed by atoms with E-state index in [1.54, 1.807) is 6.07 Å². The van der Waals surface area contributed by atoms with Gasteiger partial charge in [0.25, 0.3) is 5.69 Å². The first kappa shape index (κ1) is 15.6. The molecule has 0 aliphatic heterocycles. The second kappa shape index (κ2) is 6.09. The summed E-state index contributed by atoms with van der Waals surface area (Å²) in [7, 11) is 0. The van der Waals surface area contributed by atoms with Gasteiger partial charge in [0, 0.05) is 26.5 Å². The van der Waals surface area contributed by atoms with E-state index in [1.165, 1.54) is 24.3 Å². The number of nitro groups is 1. The average Bonchev–Trinajstić information content (AvgIpc) is 2.82. The lowest BCUT2D eigenvalue weighted by Crippen LogP contribution is -1.85. The van der Waals surface area contributed by atoms with Crippen molar-refractivity contribution < 1.29 is 10.0 Å². The van der Waals surface area contributed by atoms with Gasteiger partial charge >= 0.3 is 0 Å². The first-order valence-electron chi connectivity index (χ1n) is 6.31. The number of nitrogens with zero attached hydrogens (tertiary/aromatic N) is 3. The summed E-state index contributed by atoms with van der Waals surface area (Å²) in [6, 6.07) is 9.31. The number of hydrogen-bond acceptors (Lipinski definition) is 5. The van der Waals surface area contributed by atoms with Gasteiger partial charge in [-0.05, 0) is 40.2 Å². The zero-order valence-electron chi connectivity index (χ0n) is 11.3. The number of hydrogen-bond donors (Lipinski definition) is 2. The third kappa shape index (κ3) is 3.10. The first-order valence-corrected chi connectivity index (χ1v) is 7.90. The number of aromatic nitrogens is 1. The van der Waals surface area contributed by atoms with Crippen LogP contribution in [0.3, 0.4) is 0 Å². The molecule has 0 aliphatic rings. The van der Waals surface area contributed by atoms with Gasteiger partial charge in [0.1, 0.15) is 0 Å². The van der Waals surface area contributed by atoms with E-state index < -0.39 is 4.92 Å². The summed E-state index contributed by atoms with van der Waals surface area (Å²) < 4.78 is 1.59. The number of H-pyrrole nitrogens is 1. The van der Waals surface area contributed by atoms with Crippen molar-refractivity contribution in [3.63, 3.8) is 0 Å². The summed E-state index contributed by atoms with van der Waals surface area (Å²) in [5.74, 6) is -0.107. The van der Waals surface area contributed by atoms with Gasteiger partial charge in [-0.2, -0.15) is 5.11 Å². The van der Waals surface area contributed by atoms with Gasteiger partial charge in [0.15, 0.2) is 5.69 Å². The molecule has 0 aliphatic carbocycles. The molecule has 0 spiro atoms.